The zero-order chi connectivity index (χ0) is 15.5. The maximum absolute atomic E-state index is 14.4. The highest BCUT2D eigenvalue weighted by molar-refractivity contribution is 8.00. The highest BCUT2D eigenvalue weighted by Gasteiger charge is 2.54. The lowest BCUT2D eigenvalue weighted by atomic mass is 9.93. The molecule has 8 heteroatoms. The SMILES string of the molecule is CCSC(F)(F)C(O)(Cn1cncn1)c1ccc(F)cc1. The Morgan fingerprint density at radius 1 is 1.29 bits per heavy atom. The fourth-order valence-electron chi connectivity index (χ4n) is 1.93. The van der Waals surface area contributed by atoms with Gasteiger partial charge in [0.2, 0.25) is 0 Å². The van der Waals surface area contributed by atoms with E-state index >= 15 is 0 Å². The van der Waals surface area contributed by atoms with Gasteiger partial charge in [0.1, 0.15) is 18.5 Å². The molecule has 1 N–H and O–H groups in total. The molecule has 1 heterocycles. The predicted molar refractivity (Wildman–Crippen MR) is 73.4 cm³/mol. The van der Waals surface area contributed by atoms with Crippen LogP contribution in [0.2, 0.25) is 0 Å². The van der Waals surface area contributed by atoms with Gasteiger partial charge in [0.05, 0.1) is 6.54 Å². The van der Waals surface area contributed by atoms with E-state index in [9.17, 15) is 18.3 Å². The fourth-order valence-corrected chi connectivity index (χ4v) is 2.71. The number of halogens is 3. The molecule has 114 valence electrons. The van der Waals surface area contributed by atoms with Crippen molar-refractivity contribution >= 4 is 11.8 Å². The Kier molecular flexibility index (Phi) is 4.58. The second-order valence-corrected chi connectivity index (χ2v) is 5.79. The Bertz CT molecular complexity index is 577. The summed E-state index contributed by atoms with van der Waals surface area (Å²) in [6.07, 6.45) is 2.43. The number of alkyl halides is 2. The van der Waals surface area contributed by atoms with Gasteiger partial charge in [-0.1, -0.05) is 30.8 Å². The number of hydrogen-bond donors (Lipinski definition) is 1. The number of hydrogen-bond acceptors (Lipinski definition) is 4. The molecule has 0 aliphatic rings. The van der Waals surface area contributed by atoms with Crippen LogP contribution in [0.5, 0.6) is 0 Å². The summed E-state index contributed by atoms with van der Waals surface area (Å²) in [6, 6.07) is 4.37. The number of rotatable bonds is 6. The van der Waals surface area contributed by atoms with Crippen molar-refractivity contribution in [1.29, 1.82) is 0 Å². The summed E-state index contributed by atoms with van der Waals surface area (Å²) < 4.78 is 42.9. The van der Waals surface area contributed by atoms with Gasteiger partial charge < -0.3 is 5.11 Å². The second kappa shape index (κ2) is 6.07. The van der Waals surface area contributed by atoms with E-state index in [1.165, 1.54) is 12.7 Å². The first-order chi connectivity index (χ1) is 9.89. The Morgan fingerprint density at radius 2 is 1.95 bits per heavy atom. The molecule has 0 aliphatic carbocycles. The van der Waals surface area contributed by atoms with Crippen molar-refractivity contribution in [3.05, 3.63) is 48.3 Å². The molecule has 2 aromatic rings. The Hall–Kier alpha value is -1.54. The first kappa shape index (κ1) is 15.8. The second-order valence-electron chi connectivity index (χ2n) is 4.41. The lowest BCUT2D eigenvalue weighted by molar-refractivity contribution is -0.138. The van der Waals surface area contributed by atoms with E-state index in [1.54, 1.807) is 6.92 Å². The lowest BCUT2D eigenvalue weighted by Crippen LogP contribution is -2.46. The molecular weight excluding hydrogens is 303 g/mol. The van der Waals surface area contributed by atoms with Crippen LogP contribution >= 0.6 is 11.8 Å². The standard InChI is InChI=1S/C13H14F3N3OS/c1-2-21-13(15,16)12(20,7-19-9-17-8-18-19)10-3-5-11(14)6-4-10/h3-6,8-9,20H,2,7H2,1H3. The minimum absolute atomic E-state index is 0.0784. The van der Waals surface area contributed by atoms with Crippen LogP contribution in [0.15, 0.2) is 36.9 Å². The number of benzene rings is 1. The van der Waals surface area contributed by atoms with Crippen LogP contribution in [0.25, 0.3) is 0 Å². The Balaban J connectivity index is 2.44. The molecule has 1 unspecified atom stereocenters. The molecule has 0 saturated heterocycles. The summed E-state index contributed by atoms with van der Waals surface area (Å²) >= 11 is 0.323. The molecular formula is C13H14F3N3OS. The van der Waals surface area contributed by atoms with Crippen molar-refractivity contribution in [2.75, 3.05) is 5.75 Å². The van der Waals surface area contributed by atoms with Crippen molar-refractivity contribution < 1.29 is 18.3 Å². The van der Waals surface area contributed by atoms with E-state index in [0.717, 1.165) is 28.9 Å². The average Bonchev–Trinajstić information content (AvgIpc) is 2.91. The smallest absolute Gasteiger partial charge is 0.327 e. The Labute approximate surface area is 124 Å². The summed E-state index contributed by atoms with van der Waals surface area (Å²) in [7, 11) is 0. The number of aliphatic hydroxyl groups is 1. The van der Waals surface area contributed by atoms with Crippen LogP contribution in [0, 0.1) is 5.82 Å². The molecule has 1 aromatic heterocycles. The normalized spacial score (nSPS) is 14.9. The summed E-state index contributed by atoms with van der Waals surface area (Å²) in [5, 5.41) is 10.9. The van der Waals surface area contributed by atoms with Crippen LogP contribution in [-0.2, 0) is 12.1 Å². The van der Waals surface area contributed by atoms with E-state index < -0.39 is 23.2 Å². The number of nitrogens with zero attached hydrogens (tertiary/aromatic N) is 3. The van der Waals surface area contributed by atoms with Crippen LogP contribution < -0.4 is 0 Å². The molecule has 0 radical (unpaired) electrons. The first-order valence-electron chi connectivity index (χ1n) is 6.21. The largest absolute Gasteiger partial charge is 0.376 e. The summed E-state index contributed by atoms with van der Waals surface area (Å²) in [4.78, 5) is 3.67. The topological polar surface area (TPSA) is 50.9 Å². The van der Waals surface area contributed by atoms with Crippen molar-refractivity contribution in [3.8, 4) is 0 Å². The molecule has 0 saturated carbocycles. The summed E-state index contributed by atoms with van der Waals surface area (Å²) in [5.41, 5.74) is -2.60. The van der Waals surface area contributed by atoms with Crippen molar-refractivity contribution in [3.63, 3.8) is 0 Å². The van der Waals surface area contributed by atoms with Gasteiger partial charge >= 0.3 is 5.25 Å². The van der Waals surface area contributed by atoms with Gasteiger partial charge in [-0.05, 0) is 23.4 Å². The van der Waals surface area contributed by atoms with Crippen LogP contribution in [0.3, 0.4) is 0 Å². The molecule has 0 spiro atoms. The maximum atomic E-state index is 14.4. The third-order valence-corrected chi connectivity index (χ3v) is 3.98. The monoisotopic (exact) mass is 317 g/mol. The van der Waals surface area contributed by atoms with E-state index in [-0.39, 0.29) is 11.3 Å². The van der Waals surface area contributed by atoms with Gasteiger partial charge in [-0.3, -0.25) is 0 Å². The third-order valence-electron chi connectivity index (χ3n) is 2.99. The molecule has 1 atom stereocenters. The van der Waals surface area contributed by atoms with Crippen molar-refractivity contribution in [1.82, 2.24) is 14.8 Å². The van der Waals surface area contributed by atoms with Gasteiger partial charge in [-0.25, -0.2) is 14.1 Å². The zero-order valence-corrected chi connectivity index (χ0v) is 12.0. The molecule has 2 rings (SSSR count). The average molecular weight is 317 g/mol. The maximum Gasteiger partial charge on any atom is 0.327 e. The van der Waals surface area contributed by atoms with Gasteiger partial charge in [0, 0.05) is 0 Å². The summed E-state index contributed by atoms with van der Waals surface area (Å²) in [5.74, 6) is -0.443. The van der Waals surface area contributed by atoms with E-state index in [0.29, 0.717) is 11.8 Å². The number of thioether (sulfide) groups is 1. The lowest BCUT2D eigenvalue weighted by Gasteiger charge is -2.35. The van der Waals surface area contributed by atoms with Crippen molar-refractivity contribution in [2.45, 2.75) is 24.3 Å². The van der Waals surface area contributed by atoms with Gasteiger partial charge in [0.15, 0.2) is 5.60 Å². The van der Waals surface area contributed by atoms with E-state index in [4.69, 9.17) is 0 Å². The molecule has 0 amide bonds. The van der Waals surface area contributed by atoms with Gasteiger partial charge in [0.25, 0.3) is 0 Å². The zero-order valence-electron chi connectivity index (χ0n) is 11.2. The minimum Gasteiger partial charge on any atom is -0.376 e. The molecule has 0 fully saturated rings. The van der Waals surface area contributed by atoms with Crippen LogP contribution in [0.1, 0.15) is 12.5 Å². The Morgan fingerprint density at radius 3 is 2.48 bits per heavy atom. The highest BCUT2D eigenvalue weighted by atomic mass is 32.2. The van der Waals surface area contributed by atoms with Gasteiger partial charge in [-0.15, -0.1) is 0 Å². The third kappa shape index (κ3) is 3.21. The molecule has 1 aromatic carbocycles. The fraction of sp³-hybridized carbons (Fsp3) is 0.385. The van der Waals surface area contributed by atoms with Crippen LogP contribution in [0.4, 0.5) is 13.2 Å². The molecule has 21 heavy (non-hydrogen) atoms. The van der Waals surface area contributed by atoms with E-state index in [1.807, 2.05) is 0 Å². The predicted octanol–water partition coefficient (Wildman–Crippen LogP) is 2.65. The first-order valence-corrected chi connectivity index (χ1v) is 7.20. The minimum atomic E-state index is -3.47. The quantitative estimate of drug-likeness (QED) is 0.890. The van der Waals surface area contributed by atoms with Gasteiger partial charge in [-0.2, -0.15) is 13.9 Å². The molecule has 0 aliphatic heterocycles. The summed E-state index contributed by atoms with van der Waals surface area (Å²) in [6.45, 7) is 1.08. The molecule has 0 bridgehead atoms. The van der Waals surface area contributed by atoms with E-state index in [2.05, 4.69) is 10.1 Å². The van der Waals surface area contributed by atoms with Crippen LogP contribution in [-0.4, -0.2) is 30.9 Å². The molecule has 4 nitrogen and oxygen atoms in total. The number of aromatic nitrogens is 3. The van der Waals surface area contributed by atoms with Crippen molar-refractivity contribution in [2.24, 2.45) is 0 Å². The highest BCUT2D eigenvalue weighted by Crippen LogP contribution is 2.46.